The van der Waals surface area contributed by atoms with Crippen molar-refractivity contribution < 1.29 is 33.3 Å². The third-order valence-electron chi connectivity index (χ3n) is 6.07. The molecular weight excluding hydrogens is 536 g/mol. The van der Waals surface area contributed by atoms with E-state index in [-0.39, 0.29) is 52.5 Å². The number of Topliss-reactive ketones (excluding diaryl/α,β-unsaturated/α-hetero) is 1. The van der Waals surface area contributed by atoms with Crippen molar-refractivity contribution in [3.05, 3.63) is 98.8 Å². The second-order valence-electron chi connectivity index (χ2n) is 8.44. The lowest BCUT2D eigenvalue weighted by atomic mass is 9.95. The van der Waals surface area contributed by atoms with Crippen LogP contribution in [-0.2, 0) is 20.9 Å². The lowest BCUT2D eigenvalue weighted by Gasteiger charge is -2.25. The van der Waals surface area contributed by atoms with Crippen molar-refractivity contribution in [2.75, 3.05) is 27.4 Å². The van der Waals surface area contributed by atoms with E-state index in [1.165, 1.54) is 43.4 Å². The molecule has 1 aliphatic rings. The maximum atomic E-state index is 13.1. The number of ether oxygens (including phenoxy) is 3. The van der Waals surface area contributed by atoms with Crippen LogP contribution in [0.4, 0.5) is 4.39 Å². The topological polar surface area (TPSA) is 85.3 Å². The van der Waals surface area contributed by atoms with Gasteiger partial charge in [-0.3, -0.25) is 9.59 Å². The maximum absolute atomic E-state index is 13.1. The van der Waals surface area contributed by atoms with Crippen LogP contribution in [0.5, 0.6) is 11.5 Å². The molecule has 3 aromatic carbocycles. The summed E-state index contributed by atoms with van der Waals surface area (Å²) in [6.45, 7) is 0.531. The predicted molar refractivity (Wildman–Crippen MR) is 141 cm³/mol. The number of hydrogen-bond donors (Lipinski definition) is 1. The van der Waals surface area contributed by atoms with E-state index in [2.05, 4.69) is 0 Å². The van der Waals surface area contributed by atoms with Crippen LogP contribution in [0.2, 0.25) is 10.0 Å². The minimum Gasteiger partial charge on any atom is -0.507 e. The summed E-state index contributed by atoms with van der Waals surface area (Å²) >= 11 is 12.5. The van der Waals surface area contributed by atoms with Gasteiger partial charge in [-0.15, -0.1) is 0 Å². The summed E-state index contributed by atoms with van der Waals surface area (Å²) in [5.41, 5.74) is 1.42. The lowest BCUT2D eigenvalue weighted by Crippen LogP contribution is -2.32. The Morgan fingerprint density at radius 1 is 1.00 bits per heavy atom. The van der Waals surface area contributed by atoms with E-state index in [4.69, 9.17) is 37.4 Å². The molecule has 0 radical (unpaired) electrons. The summed E-state index contributed by atoms with van der Waals surface area (Å²) in [4.78, 5) is 27.5. The van der Waals surface area contributed by atoms with E-state index < -0.39 is 23.5 Å². The number of benzene rings is 3. The van der Waals surface area contributed by atoms with Gasteiger partial charge in [0.1, 0.15) is 23.9 Å². The second-order valence-corrected chi connectivity index (χ2v) is 9.26. The molecule has 1 N–H and O–H groups in total. The van der Waals surface area contributed by atoms with Gasteiger partial charge in [0, 0.05) is 19.2 Å². The average molecular weight is 560 g/mol. The van der Waals surface area contributed by atoms with Crippen molar-refractivity contribution >= 4 is 40.7 Å². The van der Waals surface area contributed by atoms with Crippen LogP contribution >= 0.6 is 23.2 Å². The predicted octanol–water partition coefficient (Wildman–Crippen LogP) is 5.79. The summed E-state index contributed by atoms with van der Waals surface area (Å²) in [6.07, 6.45) is 0. The van der Waals surface area contributed by atoms with Gasteiger partial charge in [0.2, 0.25) is 0 Å². The first-order valence-corrected chi connectivity index (χ1v) is 12.3. The lowest BCUT2D eigenvalue weighted by molar-refractivity contribution is -0.140. The zero-order valence-corrected chi connectivity index (χ0v) is 22.1. The van der Waals surface area contributed by atoms with Gasteiger partial charge in [0.05, 0.1) is 35.4 Å². The Balaban J connectivity index is 1.70. The van der Waals surface area contributed by atoms with Gasteiger partial charge in [-0.05, 0) is 47.5 Å². The molecular formula is C28H24Cl2FNO6. The van der Waals surface area contributed by atoms with Crippen molar-refractivity contribution in [2.45, 2.75) is 12.6 Å². The Labute approximate surface area is 228 Å². The van der Waals surface area contributed by atoms with Crippen LogP contribution in [0.25, 0.3) is 5.76 Å². The number of amides is 1. The fraction of sp³-hybridized carbons (Fsp3) is 0.214. The monoisotopic (exact) mass is 559 g/mol. The molecule has 0 bridgehead atoms. The summed E-state index contributed by atoms with van der Waals surface area (Å²) in [5, 5.41) is 11.5. The van der Waals surface area contributed by atoms with Crippen LogP contribution in [0.3, 0.4) is 0 Å². The van der Waals surface area contributed by atoms with Crippen molar-refractivity contribution in [1.82, 2.24) is 4.90 Å². The van der Waals surface area contributed by atoms with Crippen molar-refractivity contribution in [2.24, 2.45) is 0 Å². The number of ketones is 1. The highest BCUT2D eigenvalue weighted by Crippen LogP contribution is 2.42. The van der Waals surface area contributed by atoms with Gasteiger partial charge in [0.15, 0.2) is 5.75 Å². The normalized spacial score (nSPS) is 16.7. The standard InChI is InChI=1S/C28H24Cl2FNO6/c1-36-12-11-32-24(17-5-9-20(10-6-17)38-15-16-3-7-19(31)8-4-16)23(26(34)28(32)35)25(33)18-13-21(29)27(37-2)22(30)14-18/h3-10,13-14,24,33H,11-12,15H2,1-2H3/b25-23+. The summed E-state index contributed by atoms with van der Waals surface area (Å²) in [6, 6.07) is 14.7. The molecule has 7 nitrogen and oxygen atoms in total. The SMILES string of the molecule is COCCN1C(=O)C(=O)/C(=C(/O)c2cc(Cl)c(OC)c(Cl)c2)C1c1ccc(OCc2ccc(F)cc2)cc1. The number of nitrogens with zero attached hydrogens (tertiary/aromatic N) is 1. The molecule has 1 fully saturated rings. The fourth-order valence-corrected chi connectivity index (χ4v) is 4.83. The van der Waals surface area contributed by atoms with Crippen molar-refractivity contribution in [1.29, 1.82) is 0 Å². The molecule has 1 aliphatic heterocycles. The number of hydrogen-bond acceptors (Lipinski definition) is 6. The van der Waals surface area contributed by atoms with Gasteiger partial charge in [-0.25, -0.2) is 4.39 Å². The molecule has 0 aromatic heterocycles. The van der Waals surface area contributed by atoms with E-state index in [0.29, 0.717) is 11.3 Å². The first-order chi connectivity index (χ1) is 18.2. The molecule has 10 heteroatoms. The molecule has 1 amide bonds. The number of carbonyl (C=O) groups is 2. The molecule has 198 valence electrons. The largest absolute Gasteiger partial charge is 0.507 e. The van der Waals surface area contributed by atoms with Crippen LogP contribution in [0.1, 0.15) is 22.7 Å². The van der Waals surface area contributed by atoms with E-state index in [1.54, 1.807) is 36.4 Å². The average Bonchev–Trinajstić information content (AvgIpc) is 3.16. The first kappa shape index (κ1) is 27.4. The molecule has 4 rings (SSSR count). The molecule has 1 saturated heterocycles. The van der Waals surface area contributed by atoms with Crippen LogP contribution in [0.15, 0.2) is 66.2 Å². The number of methoxy groups -OCH3 is 2. The Bertz CT molecular complexity index is 1350. The van der Waals surface area contributed by atoms with Gasteiger partial charge in [-0.2, -0.15) is 0 Å². The minimum atomic E-state index is -0.893. The molecule has 1 heterocycles. The van der Waals surface area contributed by atoms with Gasteiger partial charge in [-0.1, -0.05) is 47.5 Å². The number of carbonyl (C=O) groups excluding carboxylic acids is 2. The third kappa shape index (κ3) is 5.62. The first-order valence-electron chi connectivity index (χ1n) is 11.5. The van der Waals surface area contributed by atoms with E-state index in [9.17, 15) is 19.1 Å². The van der Waals surface area contributed by atoms with E-state index >= 15 is 0 Å². The highest BCUT2D eigenvalue weighted by molar-refractivity contribution is 6.46. The Kier molecular flexibility index (Phi) is 8.56. The molecule has 0 spiro atoms. The molecule has 38 heavy (non-hydrogen) atoms. The number of halogens is 3. The van der Waals surface area contributed by atoms with Gasteiger partial charge >= 0.3 is 0 Å². The Morgan fingerprint density at radius 2 is 1.63 bits per heavy atom. The quantitative estimate of drug-likeness (QED) is 0.203. The molecule has 0 aliphatic carbocycles. The second kappa shape index (κ2) is 11.9. The highest BCUT2D eigenvalue weighted by atomic mass is 35.5. The van der Waals surface area contributed by atoms with E-state index in [1.807, 2.05) is 0 Å². The van der Waals surface area contributed by atoms with Crippen molar-refractivity contribution in [3.63, 3.8) is 0 Å². The third-order valence-corrected chi connectivity index (χ3v) is 6.63. The number of aliphatic hydroxyl groups is 1. The summed E-state index contributed by atoms with van der Waals surface area (Å²) < 4.78 is 29.2. The number of likely N-dealkylation sites (tertiary alicyclic amines) is 1. The summed E-state index contributed by atoms with van der Waals surface area (Å²) in [7, 11) is 2.89. The highest BCUT2D eigenvalue weighted by Gasteiger charge is 2.46. The van der Waals surface area contributed by atoms with Crippen LogP contribution in [0, 0.1) is 5.82 Å². The fourth-order valence-electron chi connectivity index (χ4n) is 4.19. The Morgan fingerprint density at radius 3 is 2.21 bits per heavy atom. The number of aliphatic hydroxyl groups excluding tert-OH is 1. The van der Waals surface area contributed by atoms with E-state index in [0.717, 1.165) is 5.56 Å². The molecule has 3 aromatic rings. The zero-order chi connectivity index (χ0) is 27.4. The molecule has 1 unspecified atom stereocenters. The Hall–Kier alpha value is -3.59. The van der Waals surface area contributed by atoms with Gasteiger partial charge < -0.3 is 24.2 Å². The molecule has 1 atom stereocenters. The van der Waals surface area contributed by atoms with Crippen molar-refractivity contribution in [3.8, 4) is 11.5 Å². The van der Waals surface area contributed by atoms with Gasteiger partial charge in [0.25, 0.3) is 11.7 Å². The zero-order valence-electron chi connectivity index (χ0n) is 20.5. The molecule has 0 saturated carbocycles. The van der Waals surface area contributed by atoms with Crippen LogP contribution < -0.4 is 9.47 Å². The maximum Gasteiger partial charge on any atom is 0.295 e. The smallest absolute Gasteiger partial charge is 0.295 e. The minimum absolute atomic E-state index is 0.108. The number of rotatable bonds is 9. The summed E-state index contributed by atoms with van der Waals surface area (Å²) in [5.74, 6) is -1.61. The van der Waals surface area contributed by atoms with Crippen LogP contribution in [-0.4, -0.2) is 49.1 Å².